The largest absolute Gasteiger partial charge is 0.366 e. The van der Waals surface area contributed by atoms with Gasteiger partial charge in [-0.1, -0.05) is 36.9 Å². The maximum Gasteiger partial charge on any atom is 0.250 e. The fraction of sp³-hybridized carbons (Fsp3) is 0.188. The molecule has 2 aromatic rings. The van der Waals surface area contributed by atoms with Crippen molar-refractivity contribution in [3.63, 3.8) is 0 Å². The second-order valence-electron chi connectivity index (χ2n) is 4.58. The van der Waals surface area contributed by atoms with Crippen LogP contribution in [0.4, 0.5) is 5.69 Å². The molecular formula is C16H17N3O2S. The number of thioether (sulfide) groups is 1. The summed E-state index contributed by atoms with van der Waals surface area (Å²) in [5.74, 6) is -0.742. The number of hydrogen-bond acceptors (Lipinski definition) is 4. The van der Waals surface area contributed by atoms with E-state index < -0.39 is 5.91 Å². The van der Waals surface area contributed by atoms with E-state index >= 15 is 0 Å². The molecule has 0 bridgehead atoms. The fourth-order valence-corrected chi connectivity index (χ4v) is 2.81. The molecule has 3 N–H and O–H groups in total. The van der Waals surface area contributed by atoms with Crippen molar-refractivity contribution < 1.29 is 9.59 Å². The number of carbonyl (C=O) groups is 2. The van der Waals surface area contributed by atoms with Crippen LogP contribution in [0.2, 0.25) is 0 Å². The van der Waals surface area contributed by atoms with E-state index in [2.05, 4.69) is 10.3 Å². The smallest absolute Gasteiger partial charge is 0.250 e. The summed E-state index contributed by atoms with van der Waals surface area (Å²) in [4.78, 5) is 28.0. The van der Waals surface area contributed by atoms with Gasteiger partial charge in [-0.3, -0.25) is 9.59 Å². The summed E-state index contributed by atoms with van der Waals surface area (Å²) in [6.45, 7) is 1.93. The standard InChI is InChI=1S/C16H17N3O2S/c1-2-13(22-14-9-5-6-10-18-14)16(21)19-12-8-4-3-7-11(12)15(17)20/h3-10,13H,2H2,1H3,(H2,17,20)(H,19,21). The molecular weight excluding hydrogens is 298 g/mol. The van der Waals surface area contributed by atoms with E-state index in [4.69, 9.17) is 5.73 Å². The first-order valence-electron chi connectivity index (χ1n) is 6.89. The molecule has 0 aliphatic heterocycles. The third-order valence-electron chi connectivity index (χ3n) is 3.01. The first kappa shape index (κ1) is 16.0. The van der Waals surface area contributed by atoms with Gasteiger partial charge >= 0.3 is 0 Å². The van der Waals surface area contributed by atoms with Crippen LogP contribution in [0, 0.1) is 0 Å². The SMILES string of the molecule is CCC(Sc1ccccn1)C(=O)Nc1ccccc1C(N)=O. The Kier molecular flexibility index (Phi) is 5.55. The first-order chi connectivity index (χ1) is 10.6. The van der Waals surface area contributed by atoms with Crippen LogP contribution in [0.1, 0.15) is 23.7 Å². The van der Waals surface area contributed by atoms with Crippen molar-refractivity contribution in [2.45, 2.75) is 23.6 Å². The molecule has 0 fully saturated rings. The van der Waals surface area contributed by atoms with Gasteiger partial charge in [-0.15, -0.1) is 0 Å². The fourth-order valence-electron chi connectivity index (χ4n) is 1.91. The van der Waals surface area contributed by atoms with Crippen molar-refractivity contribution >= 4 is 29.3 Å². The van der Waals surface area contributed by atoms with Gasteiger partial charge in [0.05, 0.1) is 21.5 Å². The molecule has 1 aromatic carbocycles. The third kappa shape index (κ3) is 4.08. The second kappa shape index (κ2) is 7.61. The molecule has 1 atom stereocenters. The number of hydrogen-bond donors (Lipinski definition) is 2. The van der Waals surface area contributed by atoms with Crippen molar-refractivity contribution in [2.24, 2.45) is 5.73 Å². The molecule has 0 spiro atoms. The number of nitrogens with zero attached hydrogens (tertiary/aromatic N) is 1. The Labute approximate surface area is 133 Å². The lowest BCUT2D eigenvalue weighted by molar-refractivity contribution is -0.115. The Bertz CT molecular complexity index is 661. The molecule has 0 aliphatic carbocycles. The van der Waals surface area contributed by atoms with Crippen molar-refractivity contribution in [3.8, 4) is 0 Å². The average Bonchev–Trinajstić information content (AvgIpc) is 2.53. The van der Waals surface area contributed by atoms with Crippen LogP contribution in [0.3, 0.4) is 0 Å². The topological polar surface area (TPSA) is 85.1 Å². The summed E-state index contributed by atoms with van der Waals surface area (Å²) in [7, 11) is 0. The number of carbonyl (C=O) groups excluding carboxylic acids is 2. The average molecular weight is 315 g/mol. The third-order valence-corrected chi connectivity index (χ3v) is 4.33. The van der Waals surface area contributed by atoms with Gasteiger partial charge in [-0.2, -0.15) is 0 Å². The zero-order chi connectivity index (χ0) is 15.9. The predicted octanol–water partition coefficient (Wildman–Crippen LogP) is 2.69. The highest BCUT2D eigenvalue weighted by Gasteiger charge is 2.20. The Morgan fingerprint density at radius 3 is 2.59 bits per heavy atom. The van der Waals surface area contributed by atoms with Gasteiger partial charge in [-0.25, -0.2) is 4.98 Å². The lowest BCUT2D eigenvalue weighted by Gasteiger charge is -2.15. The zero-order valence-corrected chi connectivity index (χ0v) is 13.0. The van der Waals surface area contributed by atoms with E-state index in [1.807, 2.05) is 25.1 Å². The minimum Gasteiger partial charge on any atom is -0.366 e. The minimum absolute atomic E-state index is 0.174. The Hall–Kier alpha value is -2.34. The normalized spacial score (nSPS) is 11.7. The highest BCUT2D eigenvalue weighted by molar-refractivity contribution is 8.00. The van der Waals surface area contributed by atoms with E-state index in [0.29, 0.717) is 17.7 Å². The van der Waals surface area contributed by atoms with E-state index in [1.54, 1.807) is 30.5 Å². The molecule has 0 radical (unpaired) electrons. The van der Waals surface area contributed by atoms with Crippen LogP contribution in [0.5, 0.6) is 0 Å². The highest BCUT2D eigenvalue weighted by Crippen LogP contribution is 2.25. The lowest BCUT2D eigenvalue weighted by atomic mass is 10.1. The van der Waals surface area contributed by atoms with Crippen molar-refractivity contribution in [1.82, 2.24) is 4.98 Å². The summed E-state index contributed by atoms with van der Waals surface area (Å²) >= 11 is 1.39. The predicted molar refractivity (Wildman–Crippen MR) is 87.8 cm³/mol. The molecule has 0 saturated carbocycles. The summed E-state index contributed by atoms with van der Waals surface area (Å²) in [5.41, 5.74) is 6.05. The minimum atomic E-state index is -0.568. The van der Waals surface area contributed by atoms with Crippen molar-refractivity contribution in [1.29, 1.82) is 0 Å². The number of amides is 2. The molecule has 6 heteroatoms. The molecule has 0 aliphatic rings. The second-order valence-corrected chi connectivity index (χ2v) is 5.80. The number of primary amides is 1. The number of benzene rings is 1. The molecule has 1 unspecified atom stereocenters. The molecule has 0 saturated heterocycles. The Morgan fingerprint density at radius 2 is 1.95 bits per heavy atom. The lowest BCUT2D eigenvalue weighted by Crippen LogP contribution is -2.26. The van der Waals surface area contributed by atoms with Gasteiger partial charge in [0.1, 0.15) is 0 Å². The number of nitrogens with two attached hydrogens (primary N) is 1. The number of para-hydroxylation sites is 1. The Morgan fingerprint density at radius 1 is 1.23 bits per heavy atom. The van der Waals surface area contributed by atoms with Gasteiger partial charge in [0.2, 0.25) is 5.91 Å². The zero-order valence-electron chi connectivity index (χ0n) is 12.2. The van der Waals surface area contributed by atoms with Crippen LogP contribution in [0.25, 0.3) is 0 Å². The number of aromatic nitrogens is 1. The van der Waals surface area contributed by atoms with E-state index in [0.717, 1.165) is 5.03 Å². The molecule has 5 nitrogen and oxygen atoms in total. The van der Waals surface area contributed by atoms with Crippen LogP contribution < -0.4 is 11.1 Å². The molecule has 2 amide bonds. The maximum absolute atomic E-state index is 12.4. The quantitative estimate of drug-likeness (QED) is 0.803. The molecule has 22 heavy (non-hydrogen) atoms. The molecule has 1 aromatic heterocycles. The van der Waals surface area contributed by atoms with Gasteiger partial charge in [0.15, 0.2) is 0 Å². The van der Waals surface area contributed by atoms with Gasteiger partial charge in [0.25, 0.3) is 5.91 Å². The number of rotatable bonds is 6. The van der Waals surface area contributed by atoms with Gasteiger partial charge in [-0.05, 0) is 30.7 Å². The van der Waals surface area contributed by atoms with Crippen LogP contribution in [-0.4, -0.2) is 22.0 Å². The number of anilines is 1. The van der Waals surface area contributed by atoms with E-state index in [-0.39, 0.29) is 11.2 Å². The van der Waals surface area contributed by atoms with Crippen LogP contribution in [0.15, 0.2) is 53.7 Å². The molecule has 114 valence electrons. The van der Waals surface area contributed by atoms with Crippen LogP contribution >= 0.6 is 11.8 Å². The van der Waals surface area contributed by atoms with Crippen molar-refractivity contribution in [3.05, 3.63) is 54.2 Å². The number of pyridine rings is 1. The summed E-state index contributed by atoms with van der Waals surface area (Å²) in [6.07, 6.45) is 2.33. The van der Waals surface area contributed by atoms with Crippen LogP contribution in [-0.2, 0) is 4.79 Å². The summed E-state index contributed by atoms with van der Waals surface area (Å²) in [6, 6.07) is 12.3. The molecule has 2 rings (SSSR count). The summed E-state index contributed by atoms with van der Waals surface area (Å²) in [5, 5.41) is 3.26. The maximum atomic E-state index is 12.4. The van der Waals surface area contributed by atoms with Gasteiger partial charge < -0.3 is 11.1 Å². The Balaban J connectivity index is 2.11. The first-order valence-corrected chi connectivity index (χ1v) is 7.77. The van der Waals surface area contributed by atoms with Gasteiger partial charge in [0, 0.05) is 6.20 Å². The monoisotopic (exact) mass is 315 g/mol. The van der Waals surface area contributed by atoms with Crippen molar-refractivity contribution in [2.75, 3.05) is 5.32 Å². The molecule has 1 heterocycles. The summed E-state index contributed by atoms with van der Waals surface area (Å²) < 4.78 is 0. The van der Waals surface area contributed by atoms with E-state index in [9.17, 15) is 9.59 Å². The van der Waals surface area contributed by atoms with E-state index in [1.165, 1.54) is 11.8 Å². The number of nitrogens with one attached hydrogen (secondary N) is 1. The highest BCUT2D eigenvalue weighted by atomic mass is 32.2.